The normalized spacial score (nSPS) is 36.8. The van der Waals surface area contributed by atoms with E-state index in [0.717, 1.165) is 0 Å². The largest absolute Gasteiger partial charge is 0.396 e. The summed E-state index contributed by atoms with van der Waals surface area (Å²) in [5, 5.41) is 10.5. The van der Waals surface area contributed by atoms with Crippen molar-refractivity contribution in [2.24, 2.45) is 5.92 Å². The second-order valence-electron chi connectivity index (χ2n) is 5.04. The molecule has 6 nitrogen and oxygen atoms in total. The van der Waals surface area contributed by atoms with E-state index in [1.807, 2.05) is 13.8 Å². The molecule has 0 radical (unpaired) electrons. The highest BCUT2D eigenvalue weighted by atomic mass is 16.7. The minimum atomic E-state index is -0.597. The predicted molar refractivity (Wildman–Crippen MR) is 59.8 cm³/mol. The van der Waals surface area contributed by atoms with Gasteiger partial charge in [0.25, 0.3) is 0 Å². The fourth-order valence-corrected chi connectivity index (χ4v) is 2.46. The molecule has 0 aromatic rings. The molecule has 2 aliphatic heterocycles. The molecule has 17 heavy (non-hydrogen) atoms. The lowest BCUT2D eigenvalue weighted by molar-refractivity contribution is -0.143. The Bertz CT molecular complexity index is 308. The highest BCUT2D eigenvalue weighted by molar-refractivity contribution is 5.81. The molecule has 0 aromatic heterocycles. The molecular weight excluding hydrogens is 224 g/mol. The zero-order chi connectivity index (χ0) is 12.6. The van der Waals surface area contributed by atoms with Crippen molar-refractivity contribution in [2.75, 3.05) is 20.3 Å². The van der Waals surface area contributed by atoms with E-state index in [2.05, 4.69) is 5.43 Å². The van der Waals surface area contributed by atoms with E-state index in [0.29, 0.717) is 13.0 Å². The highest BCUT2D eigenvalue weighted by Crippen LogP contribution is 2.30. The van der Waals surface area contributed by atoms with Crippen LogP contribution in [0.5, 0.6) is 0 Å². The number of carbonyl (C=O) groups excluding carboxylic acids is 1. The molecule has 6 heteroatoms. The van der Waals surface area contributed by atoms with Gasteiger partial charge in [-0.2, -0.15) is 0 Å². The number of hydrazine groups is 1. The van der Waals surface area contributed by atoms with Gasteiger partial charge >= 0.3 is 0 Å². The smallest absolute Gasteiger partial charge is 0.241 e. The topological polar surface area (TPSA) is 71.0 Å². The molecule has 1 amide bonds. The van der Waals surface area contributed by atoms with Crippen molar-refractivity contribution in [3.8, 4) is 0 Å². The molecule has 0 spiro atoms. The average Bonchev–Trinajstić information content (AvgIpc) is 2.73. The lowest BCUT2D eigenvalue weighted by Crippen LogP contribution is -2.44. The third-order valence-corrected chi connectivity index (χ3v) is 3.30. The Morgan fingerprint density at radius 2 is 2.29 bits per heavy atom. The number of aliphatic hydroxyl groups is 1. The van der Waals surface area contributed by atoms with Crippen molar-refractivity contribution in [3.63, 3.8) is 0 Å². The Morgan fingerprint density at radius 1 is 1.59 bits per heavy atom. The molecule has 0 aromatic carbocycles. The summed E-state index contributed by atoms with van der Waals surface area (Å²) >= 11 is 0. The molecule has 0 bridgehead atoms. The van der Waals surface area contributed by atoms with Gasteiger partial charge in [0.2, 0.25) is 5.91 Å². The number of aliphatic hydroxyl groups excluding tert-OH is 1. The van der Waals surface area contributed by atoms with E-state index in [1.54, 1.807) is 7.05 Å². The molecule has 2 heterocycles. The summed E-state index contributed by atoms with van der Waals surface area (Å²) in [5.41, 5.74) is 3.09. The molecule has 2 rings (SSSR count). The highest BCUT2D eigenvalue weighted by Gasteiger charge is 2.47. The maximum Gasteiger partial charge on any atom is 0.241 e. The summed E-state index contributed by atoms with van der Waals surface area (Å²) < 4.78 is 11.3. The number of nitrogens with zero attached hydrogens (tertiary/aromatic N) is 1. The maximum absolute atomic E-state index is 11.9. The zero-order valence-electron chi connectivity index (χ0n) is 10.5. The zero-order valence-corrected chi connectivity index (χ0v) is 10.5. The summed E-state index contributed by atoms with van der Waals surface area (Å²) in [6, 6.07) is -0.124. The van der Waals surface area contributed by atoms with Crippen LogP contribution in [0.15, 0.2) is 0 Å². The standard InChI is InChI=1S/C11H20N2O4/c1-11(2)16-6-8(17-11)9-7(4-5-14)10(15)13(3)12-9/h7-9,12,14H,4-6H2,1-3H3/t7?,8-,9-/m1/s1. The first-order valence-corrected chi connectivity index (χ1v) is 5.91. The van der Waals surface area contributed by atoms with Crippen LogP contribution in [-0.4, -0.2) is 54.2 Å². The summed E-state index contributed by atoms with van der Waals surface area (Å²) in [6.07, 6.45) is 0.289. The minimum absolute atomic E-state index is 0.000599. The fraction of sp³-hybridized carbons (Fsp3) is 0.909. The molecule has 2 aliphatic rings. The maximum atomic E-state index is 11.9. The van der Waals surface area contributed by atoms with Crippen molar-refractivity contribution in [1.82, 2.24) is 10.4 Å². The number of ether oxygens (including phenoxy) is 2. The van der Waals surface area contributed by atoms with Crippen LogP contribution in [0.1, 0.15) is 20.3 Å². The van der Waals surface area contributed by atoms with E-state index in [1.165, 1.54) is 5.01 Å². The van der Waals surface area contributed by atoms with E-state index in [-0.39, 0.29) is 30.6 Å². The van der Waals surface area contributed by atoms with Gasteiger partial charge in [0.05, 0.1) is 18.6 Å². The van der Waals surface area contributed by atoms with Crippen LogP contribution in [0.25, 0.3) is 0 Å². The van der Waals surface area contributed by atoms with E-state index < -0.39 is 5.79 Å². The summed E-state index contributed by atoms with van der Waals surface area (Å²) in [7, 11) is 1.69. The monoisotopic (exact) mass is 244 g/mol. The van der Waals surface area contributed by atoms with Crippen LogP contribution in [0.3, 0.4) is 0 Å². The lowest BCUT2D eigenvalue weighted by Gasteiger charge is -2.23. The van der Waals surface area contributed by atoms with Gasteiger partial charge < -0.3 is 14.6 Å². The Balaban J connectivity index is 2.07. The van der Waals surface area contributed by atoms with Crippen LogP contribution in [0.4, 0.5) is 0 Å². The van der Waals surface area contributed by atoms with Gasteiger partial charge in [-0.25, -0.2) is 5.43 Å². The van der Waals surface area contributed by atoms with Gasteiger partial charge in [0.15, 0.2) is 5.79 Å². The van der Waals surface area contributed by atoms with Crippen LogP contribution < -0.4 is 5.43 Å². The first-order chi connectivity index (χ1) is 7.94. The third-order valence-electron chi connectivity index (χ3n) is 3.30. The molecule has 1 unspecified atom stereocenters. The van der Waals surface area contributed by atoms with Gasteiger partial charge in [-0.05, 0) is 20.3 Å². The Kier molecular flexibility index (Phi) is 3.40. The molecule has 98 valence electrons. The van der Waals surface area contributed by atoms with Crippen LogP contribution in [0.2, 0.25) is 0 Å². The van der Waals surface area contributed by atoms with Gasteiger partial charge in [0.1, 0.15) is 6.10 Å². The van der Waals surface area contributed by atoms with Gasteiger partial charge in [-0.1, -0.05) is 0 Å². The molecular formula is C11H20N2O4. The lowest BCUT2D eigenvalue weighted by atomic mass is 9.94. The fourth-order valence-electron chi connectivity index (χ4n) is 2.46. The van der Waals surface area contributed by atoms with Crippen molar-refractivity contribution in [2.45, 2.75) is 38.2 Å². The Labute approximate surface area is 101 Å². The molecule has 2 saturated heterocycles. The van der Waals surface area contributed by atoms with E-state index in [9.17, 15) is 4.79 Å². The molecule has 2 N–H and O–H groups in total. The first-order valence-electron chi connectivity index (χ1n) is 5.91. The Morgan fingerprint density at radius 3 is 2.82 bits per heavy atom. The summed E-state index contributed by atoms with van der Waals surface area (Å²) in [5.74, 6) is -0.842. The molecule has 0 saturated carbocycles. The van der Waals surface area contributed by atoms with Gasteiger partial charge in [-0.3, -0.25) is 9.80 Å². The van der Waals surface area contributed by atoms with Crippen molar-refractivity contribution in [1.29, 1.82) is 0 Å². The number of amides is 1. The second-order valence-corrected chi connectivity index (χ2v) is 5.04. The first kappa shape index (κ1) is 12.8. The van der Waals surface area contributed by atoms with Gasteiger partial charge in [-0.15, -0.1) is 0 Å². The van der Waals surface area contributed by atoms with Gasteiger partial charge in [0, 0.05) is 13.7 Å². The number of hydrogen-bond donors (Lipinski definition) is 2. The summed E-state index contributed by atoms with van der Waals surface area (Å²) in [6.45, 7) is 4.18. The van der Waals surface area contributed by atoms with Crippen molar-refractivity contribution >= 4 is 5.91 Å². The number of hydrogen-bond acceptors (Lipinski definition) is 5. The SMILES string of the molecule is CN1N[C@@H]([C@H]2COC(C)(C)O2)C(CCO)C1=O. The molecule has 2 fully saturated rings. The van der Waals surface area contributed by atoms with Crippen LogP contribution in [0, 0.1) is 5.92 Å². The van der Waals surface area contributed by atoms with E-state index in [4.69, 9.17) is 14.6 Å². The average molecular weight is 244 g/mol. The van der Waals surface area contributed by atoms with Crippen molar-refractivity contribution in [3.05, 3.63) is 0 Å². The minimum Gasteiger partial charge on any atom is -0.396 e. The van der Waals surface area contributed by atoms with E-state index >= 15 is 0 Å². The van der Waals surface area contributed by atoms with Crippen LogP contribution >= 0.6 is 0 Å². The van der Waals surface area contributed by atoms with Crippen molar-refractivity contribution < 1.29 is 19.4 Å². The third kappa shape index (κ3) is 2.44. The Hall–Kier alpha value is -0.690. The quantitative estimate of drug-likeness (QED) is 0.699. The van der Waals surface area contributed by atoms with Crippen LogP contribution in [-0.2, 0) is 14.3 Å². The molecule has 3 atom stereocenters. The number of carbonyl (C=O) groups is 1. The number of rotatable bonds is 3. The summed E-state index contributed by atoms with van der Waals surface area (Å²) in [4.78, 5) is 11.9. The second kappa shape index (κ2) is 4.53. The number of nitrogens with one attached hydrogen (secondary N) is 1. The molecule has 0 aliphatic carbocycles. The predicted octanol–water partition coefficient (Wildman–Crippen LogP) is -0.518.